The van der Waals surface area contributed by atoms with E-state index in [2.05, 4.69) is 10.2 Å². The number of nitrogens with one attached hydrogen (secondary N) is 1. The van der Waals surface area contributed by atoms with Crippen molar-refractivity contribution < 1.29 is 13.2 Å². The van der Waals surface area contributed by atoms with Gasteiger partial charge in [-0.2, -0.15) is 0 Å². The molecule has 1 unspecified atom stereocenters. The molecule has 1 atom stereocenters. The van der Waals surface area contributed by atoms with E-state index in [9.17, 15) is 8.42 Å². The summed E-state index contributed by atoms with van der Waals surface area (Å²) >= 11 is 0. The highest BCUT2D eigenvalue weighted by molar-refractivity contribution is 7.89. The summed E-state index contributed by atoms with van der Waals surface area (Å²) in [6, 6.07) is 7.94. The SMILES string of the molecule is CS(=O)(=O)Cc1ccc(CN2CCOC3(CCCNC3)C2)cc1. The highest BCUT2D eigenvalue weighted by Gasteiger charge is 2.37. The third-order valence-electron chi connectivity index (χ3n) is 4.62. The van der Waals surface area contributed by atoms with E-state index in [1.165, 1.54) is 18.2 Å². The lowest BCUT2D eigenvalue weighted by Gasteiger charge is -2.45. The minimum absolute atomic E-state index is 0.0211. The Morgan fingerprint density at radius 2 is 2.00 bits per heavy atom. The van der Waals surface area contributed by atoms with Crippen LogP contribution in [0.1, 0.15) is 24.0 Å². The highest BCUT2D eigenvalue weighted by Crippen LogP contribution is 2.26. The van der Waals surface area contributed by atoms with Crippen molar-refractivity contribution >= 4 is 9.84 Å². The number of piperidine rings is 1. The summed E-state index contributed by atoms with van der Waals surface area (Å²) in [5.41, 5.74) is 2.06. The smallest absolute Gasteiger partial charge is 0.151 e. The predicted octanol–water partition coefficient (Wildman–Crippen LogP) is 1.19. The third-order valence-corrected chi connectivity index (χ3v) is 5.48. The molecule has 1 N–H and O–H groups in total. The molecule has 2 heterocycles. The van der Waals surface area contributed by atoms with Crippen LogP contribution in [-0.4, -0.2) is 58.0 Å². The predicted molar refractivity (Wildman–Crippen MR) is 91.1 cm³/mol. The molecule has 0 amide bonds. The van der Waals surface area contributed by atoms with Gasteiger partial charge in [-0.25, -0.2) is 8.42 Å². The van der Waals surface area contributed by atoms with Crippen molar-refractivity contribution in [2.24, 2.45) is 0 Å². The van der Waals surface area contributed by atoms with Crippen molar-refractivity contribution in [2.75, 3.05) is 39.0 Å². The van der Waals surface area contributed by atoms with Crippen molar-refractivity contribution in [1.29, 1.82) is 0 Å². The Hall–Kier alpha value is -0.950. The van der Waals surface area contributed by atoms with Crippen LogP contribution in [0.4, 0.5) is 0 Å². The number of hydrogen-bond acceptors (Lipinski definition) is 5. The number of nitrogens with zero attached hydrogens (tertiary/aromatic N) is 1. The Kier molecular flexibility index (Phi) is 5.06. The standard InChI is InChI=1S/C17H26N2O3S/c1-23(20,21)12-16-5-3-15(4-6-16)11-19-9-10-22-17(14-19)7-2-8-18-13-17/h3-6,18H,2,7-14H2,1H3. The van der Waals surface area contributed by atoms with E-state index in [4.69, 9.17) is 4.74 Å². The van der Waals surface area contributed by atoms with E-state index in [-0.39, 0.29) is 11.4 Å². The monoisotopic (exact) mass is 338 g/mol. The van der Waals surface area contributed by atoms with Gasteiger partial charge in [0.1, 0.15) is 0 Å². The zero-order chi connectivity index (χ0) is 16.3. The van der Waals surface area contributed by atoms with E-state index in [0.717, 1.165) is 51.3 Å². The lowest BCUT2D eigenvalue weighted by atomic mass is 9.92. The van der Waals surface area contributed by atoms with Gasteiger partial charge in [0.15, 0.2) is 9.84 Å². The summed E-state index contributed by atoms with van der Waals surface area (Å²) in [5, 5.41) is 3.45. The van der Waals surface area contributed by atoms with Crippen molar-refractivity contribution in [3.8, 4) is 0 Å². The first-order valence-corrected chi connectivity index (χ1v) is 10.3. The van der Waals surface area contributed by atoms with Gasteiger partial charge in [0, 0.05) is 32.4 Å². The second-order valence-corrected chi connectivity index (χ2v) is 9.05. The van der Waals surface area contributed by atoms with E-state index in [1.807, 2.05) is 24.3 Å². The van der Waals surface area contributed by atoms with Gasteiger partial charge in [-0.05, 0) is 30.5 Å². The van der Waals surface area contributed by atoms with Gasteiger partial charge in [0.2, 0.25) is 0 Å². The number of ether oxygens (including phenoxy) is 1. The minimum atomic E-state index is -2.97. The Bertz CT molecular complexity index is 616. The zero-order valence-corrected chi connectivity index (χ0v) is 14.6. The van der Waals surface area contributed by atoms with Gasteiger partial charge in [-0.1, -0.05) is 24.3 Å². The fourth-order valence-corrected chi connectivity index (χ4v) is 4.36. The molecule has 6 heteroatoms. The van der Waals surface area contributed by atoms with Crippen molar-refractivity contribution in [2.45, 2.75) is 30.7 Å². The van der Waals surface area contributed by atoms with Crippen LogP contribution < -0.4 is 5.32 Å². The normalized spacial score (nSPS) is 26.5. The molecular formula is C17H26N2O3S. The molecule has 2 aliphatic rings. The zero-order valence-electron chi connectivity index (χ0n) is 13.8. The third kappa shape index (κ3) is 4.76. The lowest BCUT2D eigenvalue weighted by molar-refractivity contribution is -0.121. The molecule has 3 rings (SSSR count). The molecule has 1 spiro atoms. The van der Waals surface area contributed by atoms with Crippen LogP contribution in [0, 0.1) is 0 Å². The van der Waals surface area contributed by atoms with Crippen LogP contribution in [0.2, 0.25) is 0 Å². The minimum Gasteiger partial charge on any atom is -0.371 e. The number of rotatable bonds is 4. The van der Waals surface area contributed by atoms with Crippen LogP contribution in [0.5, 0.6) is 0 Å². The van der Waals surface area contributed by atoms with Crippen molar-refractivity contribution in [3.05, 3.63) is 35.4 Å². The fourth-order valence-electron chi connectivity index (χ4n) is 3.56. The van der Waals surface area contributed by atoms with Gasteiger partial charge in [0.05, 0.1) is 18.0 Å². The first-order valence-electron chi connectivity index (χ1n) is 8.27. The van der Waals surface area contributed by atoms with Crippen LogP contribution >= 0.6 is 0 Å². The Balaban J connectivity index is 1.60. The average Bonchev–Trinajstić information content (AvgIpc) is 2.49. The first-order chi connectivity index (χ1) is 10.9. The first kappa shape index (κ1) is 16.9. The molecule has 2 aliphatic heterocycles. The lowest BCUT2D eigenvalue weighted by Crippen LogP contribution is -2.58. The molecular weight excluding hydrogens is 312 g/mol. The van der Waals surface area contributed by atoms with Gasteiger partial charge in [-0.15, -0.1) is 0 Å². The molecule has 2 saturated heterocycles. The summed E-state index contributed by atoms with van der Waals surface area (Å²) < 4.78 is 28.8. The molecule has 1 aromatic carbocycles. The van der Waals surface area contributed by atoms with E-state index in [1.54, 1.807) is 0 Å². The number of sulfone groups is 1. The van der Waals surface area contributed by atoms with Gasteiger partial charge < -0.3 is 10.1 Å². The van der Waals surface area contributed by atoms with Crippen LogP contribution in [0.3, 0.4) is 0 Å². The van der Waals surface area contributed by atoms with Crippen molar-refractivity contribution in [3.63, 3.8) is 0 Å². The molecule has 0 aromatic heterocycles. The molecule has 0 bridgehead atoms. The number of benzene rings is 1. The average molecular weight is 338 g/mol. The molecule has 0 saturated carbocycles. The second-order valence-electron chi connectivity index (χ2n) is 6.91. The topological polar surface area (TPSA) is 58.6 Å². The second kappa shape index (κ2) is 6.89. The van der Waals surface area contributed by atoms with Gasteiger partial charge in [-0.3, -0.25) is 4.90 Å². The Labute approximate surface area is 138 Å². The van der Waals surface area contributed by atoms with Crippen LogP contribution in [0.25, 0.3) is 0 Å². The maximum absolute atomic E-state index is 11.3. The van der Waals surface area contributed by atoms with Crippen molar-refractivity contribution in [1.82, 2.24) is 10.2 Å². The molecule has 1 aromatic rings. The molecule has 128 valence electrons. The molecule has 0 radical (unpaired) electrons. The summed E-state index contributed by atoms with van der Waals surface area (Å²) in [6.07, 6.45) is 3.57. The van der Waals surface area contributed by atoms with Gasteiger partial charge >= 0.3 is 0 Å². The maximum Gasteiger partial charge on any atom is 0.151 e. The largest absolute Gasteiger partial charge is 0.371 e. The molecule has 2 fully saturated rings. The highest BCUT2D eigenvalue weighted by atomic mass is 32.2. The summed E-state index contributed by atoms with van der Waals surface area (Å²) in [7, 11) is -2.97. The summed E-state index contributed by atoms with van der Waals surface area (Å²) in [6.45, 7) is 5.62. The molecule has 23 heavy (non-hydrogen) atoms. The quantitative estimate of drug-likeness (QED) is 0.894. The Morgan fingerprint density at radius 3 is 2.65 bits per heavy atom. The van der Waals surface area contributed by atoms with E-state index in [0.29, 0.717) is 0 Å². The fraction of sp³-hybridized carbons (Fsp3) is 0.647. The Morgan fingerprint density at radius 1 is 1.26 bits per heavy atom. The maximum atomic E-state index is 11.3. The molecule has 5 nitrogen and oxygen atoms in total. The number of morpholine rings is 1. The number of hydrogen-bond donors (Lipinski definition) is 1. The molecule has 0 aliphatic carbocycles. The van der Waals surface area contributed by atoms with Crippen LogP contribution in [0.15, 0.2) is 24.3 Å². The summed E-state index contributed by atoms with van der Waals surface area (Å²) in [4.78, 5) is 2.45. The summed E-state index contributed by atoms with van der Waals surface area (Å²) in [5.74, 6) is 0.111. The van der Waals surface area contributed by atoms with Gasteiger partial charge in [0.25, 0.3) is 0 Å². The van der Waals surface area contributed by atoms with E-state index < -0.39 is 9.84 Å². The van der Waals surface area contributed by atoms with E-state index >= 15 is 0 Å². The van der Waals surface area contributed by atoms with Crippen LogP contribution in [-0.2, 0) is 26.9 Å².